The normalized spacial score (nSPS) is 13.9. The quantitative estimate of drug-likeness (QED) is 0.461. The summed E-state index contributed by atoms with van der Waals surface area (Å²) in [6, 6.07) is 8.24. The first-order chi connectivity index (χ1) is 15.4. The Morgan fingerprint density at radius 2 is 1.56 bits per heavy atom. The molecule has 10 nitrogen and oxygen atoms in total. The lowest BCUT2D eigenvalue weighted by Crippen LogP contribution is -2.20. The molecule has 1 aliphatic rings. The van der Waals surface area contributed by atoms with Crippen LogP contribution in [0.5, 0.6) is 28.7 Å². The predicted molar refractivity (Wildman–Crippen MR) is 114 cm³/mol. The molecule has 0 aromatic heterocycles. The number of rotatable bonds is 9. The first kappa shape index (κ1) is 22.5. The van der Waals surface area contributed by atoms with E-state index in [1.807, 2.05) is 0 Å². The highest BCUT2D eigenvalue weighted by Crippen LogP contribution is 2.39. The highest BCUT2D eigenvalue weighted by molar-refractivity contribution is 6.13. The van der Waals surface area contributed by atoms with Gasteiger partial charge in [-0.3, -0.25) is 4.79 Å². The second-order valence-corrected chi connectivity index (χ2v) is 6.45. The Morgan fingerprint density at radius 3 is 2.06 bits per heavy atom. The van der Waals surface area contributed by atoms with Gasteiger partial charge < -0.3 is 34.2 Å². The minimum atomic E-state index is -0.648. The van der Waals surface area contributed by atoms with Crippen LogP contribution in [0.3, 0.4) is 0 Å². The third-order valence-electron chi connectivity index (χ3n) is 4.36. The molecule has 32 heavy (non-hydrogen) atoms. The van der Waals surface area contributed by atoms with Crippen LogP contribution in [0, 0.1) is 0 Å². The Hall–Kier alpha value is -4.21. The molecule has 0 saturated heterocycles. The Morgan fingerprint density at radius 1 is 0.969 bits per heavy atom. The average molecular weight is 442 g/mol. The molecule has 10 heteroatoms. The predicted octanol–water partition coefficient (Wildman–Crippen LogP) is 1.93. The molecule has 2 N–H and O–H groups in total. The first-order valence-corrected chi connectivity index (χ1v) is 9.31. The lowest BCUT2D eigenvalue weighted by atomic mass is 10.1. The molecule has 0 spiro atoms. The maximum atomic E-state index is 12.4. The third kappa shape index (κ3) is 4.91. The van der Waals surface area contributed by atoms with Gasteiger partial charge in [0.25, 0.3) is 5.91 Å². The largest absolute Gasteiger partial charge is 0.497 e. The van der Waals surface area contributed by atoms with Gasteiger partial charge in [0.15, 0.2) is 23.8 Å². The Balaban J connectivity index is 1.98. The standard InChI is InChI=1S/C22H22N2O8/c1-27-14-8-13(9-15(10-14)28-2)21-24-16(22(26)32-21)5-12-6-17(29-3)20(18(7-12)30-4)31-11-19(23)25/h5-10H,11H2,1-4H3,(H2,23,25)/b16-5+. The average Bonchev–Trinajstić information content (AvgIpc) is 3.16. The molecular formula is C22H22N2O8. The van der Waals surface area contributed by atoms with Crippen LogP contribution in [-0.2, 0) is 14.3 Å². The van der Waals surface area contributed by atoms with Crippen molar-refractivity contribution < 1.29 is 38.0 Å². The maximum absolute atomic E-state index is 12.4. The van der Waals surface area contributed by atoms with E-state index in [0.717, 1.165) is 0 Å². The number of nitrogens with two attached hydrogens (primary N) is 1. The highest BCUT2D eigenvalue weighted by Gasteiger charge is 2.25. The number of nitrogens with zero attached hydrogens (tertiary/aromatic N) is 1. The van der Waals surface area contributed by atoms with Crippen molar-refractivity contribution in [2.24, 2.45) is 10.7 Å². The third-order valence-corrected chi connectivity index (χ3v) is 4.36. The summed E-state index contributed by atoms with van der Waals surface area (Å²) in [7, 11) is 5.89. The van der Waals surface area contributed by atoms with Crippen molar-refractivity contribution in [2.45, 2.75) is 0 Å². The molecule has 168 valence electrons. The molecule has 1 heterocycles. The summed E-state index contributed by atoms with van der Waals surface area (Å²) in [5, 5.41) is 0. The highest BCUT2D eigenvalue weighted by atomic mass is 16.6. The van der Waals surface area contributed by atoms with Gasteiger partial charge in [-0.15, -0.1) is 0 Å². The van der Waals surface area contributed by atoms with Gasteiger partial charge in [0.1, 0.15) is 11.5 Å². The minimum absolute atomic E-state index is 0.0664. The number of hydrogen-bond donors (Lipinski definition) is 1. The molecule has 1 aliphatic heterocycles. The van der Waals surface area contributed by atoms with E-state index in [9.17, 15) is 9.59 Å². The van der Waals surface area contributed by atoms with E-state index in [0.29, 0.717) is 22.6 Å². The van der Waals surface area contributed by atoms with Gasteiger partial charge in [0.05, 0.1) is 28.4 Å². The fourth-order valence-electron chi connectivity index (χ4n) is 2.89. The van der Waals surface area contributed by atoms with Crippen molar-refractivity contribution in [3.8, 4) is 28.7 Å². The second kappa shape index (κ2) is 9.73. The van der Waals surface area contributed by atoms with Gasteiger partial charge in [-0.05, 0) is 35.9 Å². The number of ether oxygens (including phenoxy) is 6. The first-order valence-electron chi connectivity index (χ1n) is 9.31. The van der Waals surface area contributed by atoms with Gasteiger partial charge in [0.2, 0.25) is 11.6 Å². The summed E-state index contributed by atoms with van der Waals surface area (Å²) in [4.78, 5) is 27.8. The van der Waals surface area contributed by atoms with Crippen molar-refractivity contribution in [2.75, 3.05) is 35.0 Å². The summed E-state index contributed by atoms with van der Waals surface area (Å²) < 4.78 is 31.9. The molecule has 0 fully saturated rings. The van der Waals surface area contributed by atoms with Crippen molar-refractivity contribution >= 4 is 23.9 Å². The molecule has 0 aliphatic carbocycles. The monoisotopic (exact) mass is 442 g/mol. The number of benzene rings is 2. The number of carbonyl (C=O) groups excluding carboxylic acids is 2. The molecule has 1 amide bonds. The molecule has 0 unspecified atom stereocenters. The van der Waals surface area contributed by atoms with Gasteiger partial charge in [-0.1, -0.05) is 0 Å². The molecule has 0 bridgehead atoms. The molecule has 0 saturated carbocycles. The Labute approximate surface area is 184 Å². The molecule has 2 aromatic rings. The van der Waals surface area contributed by atoms with Crippen LogP contribution >= 0.6 is 0 Å². The van der Waals surface area contributed by atoms with Crippen LogP contribution in [0.15, 0.2) is 41.0 Å². The van der Waals surface area contributed by atoms with Crippen LogP contribution in [0.25, 0.3) is 6.08 Å². The fraction of sp³-hybridized carbons (Fsp3) is 0.227. The zero-order valence-corrected chi connectivity index (χ0v) is 18.0. The number of esters is 1. The van der Waals surface area contributed by atoms with Gasteiger partial charge in [-0.25, -0.2) is 9.79 Å². The minimum Gasteiger partial charge on any atom is -0.497 e. The zero-order chi connectivity index (χ0) is 23.3. The van der Waals surface area contributed by atoms with Crippen LogP contribution in [0.2, 0.25) is 0 Å². The zero-order valence-electron chi connectivity index (χ0n) is 18.0. The van der Waals surface area contributed by atoms with E-state index < -0.39 is 11.9 Å². The number of cyclic esters (lactones) is 1. The Kier molecular flexibility index (Phi) is 6.83. The molecular weight excluding hydrogens is 420 g/mol. The van der Waals surface area contributed by atoms with Crippen LogP contribution < -0.4 is 29.4 Å². The topological polar surface area (TPSA) is 128 Å². The van der Waals surface area contributed by atoms with E-state index in [1.54, 1.807) is 30.3 Å². The van der Waals surface area contributed by atoms with Gasteiger partial charge in [0, 0.05) is 11.6 Å². The lowest BCUT2D eigenvalue weighted by Gasteiger charge is -2.14. The van der Waals surface area contributed by atoms with Gasteiger partial charge in [-0.2, -0.15) is 0 Å². The smallest absolute Gasteiger partial charge is 0.363 e. The van der Waals surface area contributed by atoms with E-state index in [-0.39, 0.29) is 35.5 Å². The molecule has 2 aromatic carbocycles. The summed E-state index contributed by atoms with van der Waals surface area (Å²) in [6.45, 7) is -0.350. The van der Waals surface area contributed by atoms with E-state index in [4.69, 9.17) is 34.2 Å². The SMILES string of the molecule is COc1cc(OC)cc(C2=N/C(=C/c3cc(OC)c(OCC(N)=O)c(OC)c3)C(=O)O2)c1. The van der Waals surface area contributed by atoms with E-state index in [1.165, 1.54) is 34.5 Å². The number of amides is 1. The van der Waals surface area contributed by atoms with Crippen LogP contribution in [-0.4, -0.2) is 52.8 Å². The summed E-state index contributed by atoms with van der Waals surface area (Å²) in [5.41, 5.74) is 6.25. The molecule has 0 atom stereocenters. The lowest BCUT2D eigenvalue weighted by molar-refractivity contribution is -0.130. The van der Waals surface area contributed by atoms with Crippen LogP contribution in [0.1, 0.15) is 11.1 Å². The van der Waals surface area contributed by atoms with Gasteiger partial charge >= 0.3 is 5.97 Å². The number of hydrogen-bond acceptors (Lipinski definition) is 9. The fourth-order valence-corrected chi connectivity index (χ4v) is 2.89. The van der Waals surface area contributed by atoms with Crippen molar-refractivity contribution in [3.05, 3.63) is 47.2 Å². The van der Waals surface area contributed by atoms with Crippen molar-refractivity contribution in [3.63, 3.8) is 0 Å². The second-order valence-electron chi connectivity index (χ2n) is 6.45. The van der Waals surface area contributed by atoms with E-state index >= 15 is 0 Å². The summed E-state index contributed by atoms with van der Waals surface area (Å²) in [5.74, 6) is 0.652. The summed E-state index contributed by atoms with van der Waals surface area (Å²) >= 11 is 0. The number of methoxy groups -OCH3 is 4. The summed E-state index contributed by atoms with van der Waals surface area (Å²) in [6.07, 6.45) is 1.51. The number of carbonyl (C=O) groups is 2. The Bertz CT molecular complexity index is 1060. The van der Waals surface area contributed by atoms with E-state index in [2.05, 4.69) is 4.99 Å². The van der Waals surface area contributed by atoms with Crippen molar-refractivity contribution in [1.82, 2.24) is 0 Å². The number of primary amides is 1. The van der Waals surface area contributed by atoms with Crippen molar-refractivity contribution in [1.29, 1.82) is 0 Å². The van der Waals surface area contributed by atoms with Crippen LogP contribution in [0.4, 0.5) is 0 Å². The number of aliphatic imine (C=N–C) groups is 1. The molecule has 0 radical (unpaired) electrons. The molecule has 3 rings (SSSR count). The maximum Gasteiger partial charge on any atom is 0.363 e.